The molecule has 0 spiro atoms. The zero-order chi connectivity index (χ0) is 21.1. The number of likely N-dealkylation sites (tertiary alicyclic amines) is 1. The molecular formula is C22H19Cl2N5O. The quantitative estimate of drug-likeness (QED) is 0.250. The van der Waals surface area contributed by atoms with E-state index in [9.17, 15) is 4.79 Å². The standard InChI is InChI=1S/C22H19Cl2N5O/c1-25-11-16-9-15(7-8-29(16)13-19(30)14-5-3-2-4-6-14)21-17-12-26-20(23)10-18(17)27-22(24)28-21/h2-6,10,12,15-16H,7-9,11,13H2/t15?,16-/m1/s1. The molecule has 1 unspecified atom stereocenters. The summed E-state index contributed by atoms with van der Waals surface area (Å²) in [6.07, 6.45) is 3.20. The molecule has 0 bridgehead atoms. The lowest BCUT2D eigenvalue weighted by molar-refractivity contribution is 0.0839. The summed E-state index contributed by atoms with van der Waals surface area (Å²) < 4.78 is 0. The van der Waals surface area contributed by atoms with Crippen LogP contribution in [0.5, 0.6) is 0 Å². The molecule has 4 rings (SSSR count). The number of halogens is 2. The molecule has 2 aromatic heterocycles. The lowest BCUT2D eigenvalue weighted by atomic mass is 9.86. The van der Waals surface area contributed by atoms with Gasteiger partial charge in [-0.15, -0.1) is 0 Å². The predicted octanol–water partition coefficient (Wildman–Crippen LogP) is 4.68. The number of carbonyl (C=O) groups is 1. The molecule has 0 N–H and O–H groups in total. The Morgan fingerprint density at radius 2 is 2.03 bits per heavy atom. The second kappa shape index (κ2) is 9.05. The lowest BCUT2D eigenvalue weighted by Gasteiger charge is -2.36. The van der Waals surface area contributed by atoms with E-state index in [0.717, 1.165) is 23.9 Å². The van der Waals surface area contributed by atoms with E-state index in [-0.39, 0.29) is 23.0 Å². The van der Waals surface area contributed by atoms with Gasteiger partial charge in [-0.25, -0.2) is 21.5 Å². The minimum Gasteiger partial charge on any atom is -0.315 e. The molecule has 1 fully saturated rings. The SMILES string of the molecule is [C-]#[N+]C[C@H]1CC(c2nc(Cl)nc3cc(Cl)ncc23)CCN1CC(=O)c1ccccc1. The van der Waals surface area contributed by atoms with E-state index in [4.69, 9.17) is 29.8 Å². The monoisotopic (exact) mass is 439 g/mol. The van der Waals surface area contributed by atoms with Gasteiger partial charge in [0.05, 0.1) is 23.8 Å². The minimum absolute atomic E-state index is 0.0297. The van der Waals surface area contributed by atoms with Crippen LogP contribution in [0.3, 0.4) is 0 Å². The van der Waals surface area contributed by atoms with Gasteiger partial charge in [-0.1, -0.05) is 41.9 Å². The van der Waals surface area contributed by atoms with Crippen LogP contribution in [-0.2, 0) is 0 Å². The molecule has 1 aromatic carbocycles. The van der Waals surface area contributed by atoms with Gasteiger partial charge in [0.1, 0.15) is 5.15 Å². The van der Waals surface area contributed by atoms with Gasteiger partial charge in [0.25, 0.3) is 0 Å². The fraction of sp³-hybridized carbons (Fsp3) is 0.318. The first-order valence-electron chi connectivity index (χ1n) is 9.69. The largest absolute Gasteiger partial charge is 0.315 e. The van der Waals surface area contributed by atoms with Crippen molar-refractivity contribution in [3.63, 3.8) is 0 Å². The number of nitrogens with zero attached hydrogens (tertiary/aromatic N) is 5. The second-order valence-electron chi connectivity index (χ2n) is 7.38. The van der Waals surface area contributed by atoms with Crippen LogP contribution in [0.2, 0.25) is 10.4 Å². The molecule has 6 nitrogen and oxygen atoms in total. The Balaban J connectivity index is 1.57. The summed E-state index contributed by atoms with van der Waals surface area (Å²) in [4.78, 5) is 31.3. The Labute approximate surface area is 184 Å². The summed E-state index contributed by atoms with van der Waals surface area (Å²) in [7, 11) is 0. The van der Waals surface area contributed by atoms with Crippen molar-refractivity contribution in [1.82, 2.24) is 19.9 Å². The maximum absolute atomic E-state index is 12.7. The van der Waals surface area contributed by atoms with Gasteiger partial charge in [0.15, 0.2) is 5.78 Å². The van der Waals surface area contributed by atoms with Crippen molar-refractivity contribution >= 4 is 39.9 Å². The van der Waals surface area contributed by atoms with Crippen LogP contribution in [0.15, 0.2) is 42.6 Å². The lowest BCUT2D eigenvalue weighted by Crippen LogP contribution is -2.46. The number of fused-ring (bicyclic) bond motifs is 1. The average Bonchev–Trinajstić information content (AvgIpc) is 2.75. The molecule has 0 amide bonds. The third kappa shape index (κ3) is 4.44. The maximum Gasteiger partial charge on any atom is 0.230 e. The molecule has 1 aliphatic rings. The van der Waals surface area contributed by atoms with Crippen molar-refractivity contribution in [3.05, 3.63) is 75.7 Å². The van der Waals surface area contributed by atoms with E-state index < -0.39 is 0 Å². The highest BCUT2D eigenvalue weighted by Crippen LogP contribution is 2.35. The maximum atomic E-state index is 12.7. The number of piperidine rings is 1. The first-order chi connectivity index (χ1) is 14.5. The Morgan fingerprint density at radius 3 is 2.80 bits per heavy atom. The van der Waals surface area contributed by atoms with Crippen molar-refractivity contribution in [1.29, 1.82) is 0 Å². The molecule has 152 valence electrons. The fourth-order valence-corrected chi connectivity index (χ4v) is 4.39. The molecule has 2 atom stereocenters. The number of carbonyl (C=O) groups excluding carboxylic acids is 1. The molecule has 8 heteroatoms. The third-order valence-corrected chi connectivity index (χ3v) is 5.89. The zero-order valence-electron chi connectivity index (χ0n) is 16.1. The molecule has 0 radical (unpaired) electrons. The van der Waals surface area contributed by atoms with Crippen LogP contribution >= 0.6 is 23.2 Å². The summed E-state index contributed by atoms with van der Waals surface area (Å²) in [6.45, 7) is 8.72. The minimum atomic E-state index is -0.0297. The Morgan fingerprint density at radius 1 is 1.23 bits per heavy atom. The van der Waals surface area contributed by atoms with Crippen LogP contribution in [0.4, 0.5) is 0 Å². The van der Waals surface area contributed by atoms with Gasteiger partial charge in [0, 0.05) is 29.1 Å². The molecule has 1 saturated heterocycles. The molecular weight excluding hydrogens is 421 g/mol. The first-order valence-corrected chi connectivity index (χ1v) is 10.4. The van der Waals surface area contributed by atoms with E-state index in [2.05, 4.69) is 24.7 Å². The zero-order valence-corrected chi connectivity index (χ0v) is 17.6. The van der Waals surface area contributed by atoms with Crippen LogP contribution in [0, 0.1) is 6.57 Å². The number of aromatic nitrogens is 3. The number of Topliss-reactive ketones (excluding diaryl/α,β-unsaturated/α-hetero) is 1. The van der Waals surface area contributed by atoms with Gasteiger partial charge in [-0.2, -0.15) is 0 Å². The number of hydrogen-bond donors (Lipinski definition) is 0. The van der Waals surface area contributed by atoms with Gasteiger partial charge >= 0.3 is 0 Å². The molecule has 30 heavy (non-hydrogen) atoms. The van der Waals surface area contributed by atoms with Gasteiger partial charge in [0.2, 0.25) is 11.8 Å². The van der Waals surface area contributed by atoms with E-state index in [1.165, 1.54) is 0 Å². The molecule has 0 aliphatic carbocycles. The number of hydrogen-bond acceptors (Lipinski definition) is 5. The summed E-state index contributed by atoms with van der Waals surface area (Å²) in [5.41, 5.74) is 2.18. The molecule has 3 aromatic rings. The summed E-state index contributed by atoms with van der Waals surface area (Å²) in [6, 6.07) is 10.9. The topological polar surface area (TPSA) is 63.3 Å². The van der Waals surface area contributed by atoms with Crippen molar-refractivity contribution in [3.8, 4) is 0 Å². The fourth-order valence-electron chi connectivity index (χ4n) is 4.06. The van der Waals surface area contributed by atoms with Gasteiger partial charge < -0.3 is 4.85 Å². The normalized spacial score (nSPS) is 19.5. The average molecular weight is 440 g/mol. The molecule has 1 aliphatic heterocycles. The van der Waals surface area contributed by atoms with Crippen LogP contribution < -0.4 is 0 Å². The smallest absolute Gasteiger partial charge is 0.230 e. The van der Waals surface area contributed by atoms with Gasteiger partial charge in [-0.05, 0) is 31.0 Å². The number of benzene rings is 1. The highest BCUT2D eigenvalue weighted by molar-refractivity contribution is 6.30. The van der Waals surface area contributed by atoms with Crippen molar-refractivity contribution in [2.75, 3.05) is 19.6 Å². The summed E-state index contributed by atoms with van der Waals surface area (Å²) in [5, 5.41) is 1.34. The van der Waals surface area contributed by atoms with E-state index in [1.54, 1.807) is 12.3 Å². The number of pyridine rings is 1. The Kier molecular flexibility index (Phi) is 6.24. The number of rotatable bonds is 5. The van der Waals surface area contributed by atoms with Gasteiger partial charge in [-0.3, -0.25) is 9.69 Å². The van der Waals surface area contributed by atoms with E-state index >= 15 is 0 Å². The van der Waals surface area contributed by atoms with Crippen LogP contribution in [0.25, 0.3) is 15.7 Å². The third-order valence-electron chi connectivity index (χ3n) is 5.52. The number of ketones is 1. The van der Waals surface area contributed by atoms with E-state index in [0.29, 0.717) is 35.9 Å². The van der Waals surface area contributed by atoms with Crippen LogP contribution in [-0.4, -0.2) is 51.3 Å². The molecule has 3 heterocycles. The van der Waals surface area contributed by atoms with Crippen molar-refractivity contribution < 1.29 is 4.79 Å². The predicted molar refractivity (Wildman–Crippen MR) is 117 cm³/mol. The highest BCUT2D eigenvalue weighted by atomic mass is 35.5. The Bertz CT molecular complexity index is 1110. The van der Waals surface area contributed by atoms with Crippen molar-refractivity contribution in [2.45, 2.75) is 24.8 Å². The van der Waals surface area contributed by atoms with Crippen LogP contribution in [0.1, 0.15) is 34.8 Å². The summed E-state index contributed by atoms with van der Waals surface area (Å²) >= 11 is 12.2. The summed E-state index contributed by atoms with van der Waals surface area (Å²) in [5.74, 6) is 0.171. The van der Waals surface area contributed by atoms with Crippen molar-refractivity contribution in [2.24, 2.45) is 0 Å². The van der Waals surface area contributed by atoms with E-state index in [1.807, 2.05) is 30.3 Å². The Hall–Kier alpha value is -2.59. The molecule has 0 saturated carbocycles. The first kappa shape index (κ1) is 20.7. The second-order valence-corrected chi connectivity index (χ2v) is 8.10. The highest BCUT2D eigenvalue weighted by Gasteiger charge is 2.34.